The molecular formula is C11H19NO2. The van der Waals surface area contributed by atoms with Gasteiger partial charge in [-0.25, -0.2) is 0 Å². The number of aliphatic hydroxyl groups excluding tert-OH is 1. The first kappa shape index (κ1) is 11.3. The van der Waals surface area contributed by atoms with Gasteiger partial charge in [0, 0.05) is 19.1 Å². The molecule has 1 heterocycles. The third-order valence-electron chi connectivity index (χ3n) is 2.94. The smallest absolute Gasteiger partial charge is 0.104 e. The van der Waals surface area contributed by atoms with Gasteiger partial charge < -0.3 is 15.3 Å². The van der Waals surface area contributed by atoms with E-state index in [-0.39, 0.29) is 18.1 Å². The van der Waals surface area contributed by atoms with E-state index >= 15 is 0 Å². The van der Waals surface area contributed by atoms with Crippen LogP contribution in [0.1, 0.15) is 26.0 Å². The van der Waals surface area contributed by atoms with Crippen molar-refractivity contribution in [3.63, 3.8) is 0 Å². The van der Waals surface area contributed by atoms with Crippen LogP contribution in [0.15, 0.2) is 22.8 Å². The van der Waals surface area contributed by atoms with Crippen molar-refractivity contribution in [2.45, 2.75) is 32.7 Å². The summed E-state index contributed by atoms with van der Waals surface area (Å²) in [7, 11) is 0. The van der Waals surface area contributed by atoms with E-state index in [0.29, 0.717) is 6.42 Å². The fraction of sp³-hybridized carbons (Fsp3) is 0.636. The van der Waals surface area contributed by atoms with Gasteiger partial charge in [-0.15, -0.1) is 0 Å². The highest BCUT2D eigenvalue weighted by molar-refractivity contribution is 5.03. The molecular weight excluding hydrogens is 178 g/mol. The van der Waals surface area contributed by atoms with Crippen LogP contribution in [-0.4, -0.2) is 17.8 Å². The molecule has 0 aliphatic carbocycles. The van der Waals surface area contributed by atoms with E-state index in [1.165, 1.54) is 0 Å². The van der Waals surface area contributed by atoms with Gasteiger partial charge in [0.15, 0.2) is 0 Å². The largest absolute Gasteiger partial charge is 0.469 e. The maximum absolute atomic E-state index is 8.99. The van der Waals surface area contributed by atoms with Crippen LogP contribution >= 0.6 is 0 Å². The minimum atomic E-state index is -0.0907. The van der Waals surface area contributed by atoms with E-state index in [0.717, 1.165) is 12.2 Å². The van der Waals surface area contributed by atoms with Crippen LogP contribution in [0.5, 0.6) is 0 Å². The Balaban J connectivity index is 2.69. The fourth-order valence-electron chi connectivity index (χ4n) is 1.54. The van der Waals surface area contributed by atoms with Gasteiger partial charge in [0.1, 0.15) is 5.76 Å². The van der Waals surface area contributed by atoms with Crippen LogP contribution in [0.4, 0.5) is 0 Å². The number of furan rings is 1. The van der Waals surface area contributed by atoms with Crippen LogP contribution in [0.2, 0.25) is 0 Å². The molecule has 0 fully saturated rings. The van der Waals surface area contributed by atoms with Crippen LogP contribution in [0.3, 0.4) is 0 Å². The lowest BCUT2D eigenvalue weighted by molar-refractivity contribution is 0.164. The predicted octanol–water partition coefficient (Wildman–Crippen LogP) is 1.56. The van der Waals surface area contributed by atoms with E-state index in [1.807, 2.05) is 19.1 Å². The number of nitrogens with two attached hydrogens (primary N) is 1. The molecule has 0 saturated heterocycles. The molecule has 0 bridgehead atoms. The molecule has 80 valence electrons. The second kappa shape index (κ2) is 4.62. The Labute approximate surface area is 84.9 Å². The average Bonchev–Trinajstić information content (AvgIpc) is 2.56. The summed E-state index contributed by atoms with van der Waals surface area (Å²) in [5.74, 6) is 0.929. The second-order valence-corrected chi connectivity index (χ2v) is 4.17. The maximum Gasteiger partial charge on any atom is 0.104 e. The van der Waals surface area contributed by atoms with Crippen molar-refractivity contribution < 1.29 is 9.52 Å². The minimum Gasteiger partial charge on any atom is -0.469 e. The highest BCUT2D eigenvalue weighted by atomic mass is 16.3. The molecule has 0 spiro atoms. The zero-order chi connectivity index (χ0) is 10.6. The SMILES string of the molecule is CC(N)C(C)(CCO)Cc1ccco1. The summed E-state index contributed by atoms with van der Waals surface area (Å²) in [4.78, 5) is 0. The molecule has 2 atom stereocenters. The van der Waals surface area contributed by atoms with Crippen molar-refractivity contribution in [3.05, 3.63) is 24.2 Å². The molecule has 0 aromatic carbocycles. The maximum atomic E-state index is 8.99. The highest BCUT2D eigenvalue weighted by Crippen LogP contribution is 2.29. The van der Waals surface area contributed by atoms with Crippen LogP contribution in [-0.2, 0) is 6.42 Å². The molecule has 0 aliphatic rings. The number of hydrogen-bond acceptors (Lipinski definition) is 3. The Morgan fingerprint density at radius 1 is 1.64 bits per heavy atom. The van der Waals surface area contributed by atoms with Crippen LogP contribution in [0.25, 0.3) is 0 Å². The topological polar surface area (TPSA) is 59.4 Å². The minimum absolute atomic E-state index is 0.0414. The molecule has 1 aromatic heterocycles. The third kappa shape index (κ3) is 2.59. The first-order chi connectivity index (χ1) is 6.58. The summed E-state index contributed by atoms with van der Waals surface area (Å²) in [6.07, 6.45) is 3.14. The molecule has 3 heteroatoms. The van der Waals surface area contributed by atoms with Crippen LogP contribution in [0, 0.1) is 5.41 Å². The standard InChI is InChI=1S/C11H19NO2/c1-9(12)11(2,5-6-13)8-10-4-3-7-14-10/h3-4,7,9,13H,5-6,8,12H2,1-2H3. The Hall–Kier alpha value is -0.800. The van der Waals surface area contributed by atoms with E-state index < -0.39 is 0 Å². The Morgan fingerprint density at radius 3 is 2.79 bits per heavy atom. The second-order valence-electron chi connectivity index (χ2n) is 4.17. The summed E-state index contributed by atoms with van der Waals surface area (Å²) < 4.78 is 5.29. The van der Waals surface area contributed by atoms with Gasteiger partial charge in [0.05, 0.1) is 6.26 Å². The number of rotatable bonds is 5. The quantitative estimate of drug-likeness (QED) is 0.753. The van der Waals surface area contributed by atoms with Gasteiger partial charge in [-0.2, -0.15) is 0 Å². The summed E-state index contributed by atoms with van der Waals surface area (Å²) in [6, 6.07) is 3.85. The number of hydrogen-bond donors (Lipinski definition) is 2. The molecule has 2 unspecified atom stereocenters. The van der Waals surface area contributed by atoms with Crippen molar-refractivity contribution in [3.8, 4) is 0 Å². The van der Waals surface area contributed by atoms with Crippen molar-refractivity contribution in [2.75, 3.05) is 6.61 Å². The van der Waals surface area contributed by atoms with E-state index in [2.05, 4.69) is 6.92 Å². The van der Waals surface area contributed by atoms with E-state index in [9.17, 15) is 0 Å². The lowest BCUT2D eigenvalue weighted by atomic mass is 9.77. The Morgan fingerprint density at radius 2 is 2.36 bits per heavy atom. The Kier molecular flexibility index (Phi) is 3.72. The van der Waals surface area contributed by atoms with Gasteiger partial charge in [0.25, 0.3) is 0 Å². The van der Waals surface area contributed by atoms with Gasteiger partial charge in [-0.1, -0.05) is 6.92 Å². The van der Waals surface area contributed by atoms with Crippen molar-refractivity contribution in [2.24, 2.45) is 11.1 Å². The fourth-order valence-corrected chi connectivity index (χ4v) is 1.54. The monoisotopic (exact) mass is 197 g/mol. The lowest BCUT2D eigenvalue weighted by Gasteiger charge is -2.32. The average molecular weight is 197 g/mol. The van der Waals surface area contributed by atoms with Gasteiger partial charge in [-0.3, -0.25) is 0 Å². The molecule has 0 saturated carbocycles. The Bertz CT molecular complexity index is 256. The highest BCUT2D eigenvalue weighted by Gasteiger charge is 2.29. The van der Waals surface area contributed by atoms with Gasteiger partial charge in [0.2, 0.25) is 0 Å². The molecule has 3 N–H and O–H groups in total. The van der Waals surface area contributed by atoms with Gasteiger partial charge in [-0.05, 0) is 30.9 Å². The molecule has 0 amide bonds. The third-order valence-corrected chi connectivity index (χ3v) is 2.94. The molecule has 0 radical (unpaired) electrons. The summed E-state index contributed by atoms with van der Waals surface area (Å²) in [5, 5.41) is 8.99. The molecule has 1 aromatic rings. The van der Waals surface area contributed by atoms with Crippen molar-refractivity contribution in [1.29, 1.82) is 0 Å². The predicted molar refractivity (Wildman–Crippen MR) is 55.9 cm³/mol. The zero-order valence-corrected chi connectivity index (χ0v) is 8.86. The molecule has 1 rings (SSSR count). The summed E-state index contributed by atoms with van der Waals surface area (Å²) >= 11 is 0. The van der Waals surface area contributed by atoms with Gasteiger partial charge >= 0.3 is 0 Å². The first-order valence-corrected chi connectivity index (χ1v) is 4.97. The summed E-state index contributed by atoms with van der Waals surface area (Å²) in [6.45, 7) is 4.22. The van der Waals surface area contributed by atoms with Crippen LogP contribution < -0.4 is 5.73 Å². The van der Waals surface area contributed by atoms with Crippen molar-refractivity contribution >= 4 is 0 Å². The van der Waals surface area contributed by atoms with Crippen molar-refractivity contribution in [1.82, 2.24) is 0 Å². The molecule has 14 heavy (non-hydrogen) atoms. The zero-order valence-electron chi connectivity index (χ0n) is 8.86. The molecule has 3 nitrogen and oxygen atoms in total. The van der Waals surface area contributed by atoms with E-state index in [4.69, 9.17) is 15.3 Å². The number of aliphatic hydroxyl groups is 1. The first-order valence-electron chi connectivity index (χ1n) is 4.97. The summed E-state index contributed by atoms with van der Waals surface area (Å²) in [5.41, 5.74) is 5.83. The molecule has 0 aliphatic heterocycles. The van der Waals surface area contributed by atoms with E-state index in [1.54, 1.807) is 6.26 Å². The lowest BCUT2D eigenvalue weighted by Crippen LogP contribution is -2.39. The normalized spacial score (nSPS) is 17.7.